The van der Waals surface area contributed by atoms with Crippen molar-refractivity contribution in [3.05, 3.63) is 65.0 Å². The molecule has 1 heterocycles. The maximum Gasteiger partial charge on any atom is 0.257 e. The van der Waals surface area contributed by atoms with Crippen molar-refractivity contribution in [2.75, 3.05) is 19.7 Å². The van der Waals surface area contributed by atoms with Crippen molar-refractivity contribution >= 4 is 11.8 Å². The molecule has 30 heavy (non-hydrogen) atoms. The smallest absolute Gasteiger partial charge is 0.257 e. The van der Waals surface area contributed by atoms with Gasteiger partial charge in [-0.1, -0.05) is 32.0 Å². The number of benzene rings is 2. The predicted octanol–water partition coefficient (Wildman–Crippen LogP) is 3.86. The summed E-state index contributed by atoms with van der Waals surface area (Å²) in [5.41, 5.74) is 2.94. The Morgan fingerprint density at radius 3 is 2.60 bits per heavy atom. The third-order valence-electron chi connectivity index (χ3n) is 5.18. The summed E-state index contributed by atoms with van der Waals surface area (Å²) in [4.78, 5) is 26.6. The maximum absolute atomic E-state index is 13.5. The standard InChI is InChI=1S/C24H29FN2O3/c1-4-26-22(28)15-30-20-10-7-17-11-12-27(23(29)13-16(2)3)24(21(17)14-20)18-5-8-19(25)9-6-18/h5-10,14,16,24H,4,11-13,15H2,1-3H3,(H,26,28). The Morgan fingerprint density at radius 1 is 1.20 bits per heavy atom. The first kappa shape index (κ1) is 21.8. The van der Waals surface area contributed by atoms with Gasteiger partial charge >= 0.3 is 0 Å². The summed E-state index contributed by atoms with van der Waals surface area (Å²) in [5.74, 6) is 0.413. The number of hydrogen-bond acceptors (Lipinski definition) is 3. The Hall–Kier alpha value is -2.89. The normalized spacial score (nSPS) is 15.6. The molecule has 3 rings (SSSR count). The molecule has 1 N–H and O–H groups in total. The van der Waals surface area contributed by atoms with Crippen LogP contribution in [0.2, 0.25) is 0 Å². The van der Waals surface area contributed by atoms with E-state index in [1.165, 1.54) is 12.1 Å². The Kier molecular flexibility index (Phi) is 7.08. The van der Waals surface area contributed by atoms with Gasteiger partial charge in [0, 0.05) is 19.5 Å². The topological polar surface area (TPSA) is 58.6 Å². The van der Waals surface area contributed by atoms with Crippen LogP contribution in [0.3, 0.4) is 0 Å². The second-order valence-corrected chi connectivity index (χ2v) is 7.99. The molecule has 2 aromatic rings. The van der Waals surface area contributed by atoms with Gasteiger partial charge in [-0.3, -0.25) is 9.59 Å². The third-order valence-corrected chi connectivity index (χ3v) is 5.18. The molecule has 1 atom stereocenters. The zero-order valence-electron chi connectivity index (χ0n) is 17.8. The highest BCUT2D eigenvalue weighted by molar-refractivity contribution is 5.78. The molecule has 0 bridgehead atoms. The van der Waals surface area contributed by atoms with Crippen LogP contribution in [-0.2, 0) is 16.0 Å². The lowest BCUT2D eigenvalue weighted by atomic mass is 9.87. The van der Waals surface area contributed by atoms with E-state index in [0.29, 0.717) is 25.3 Å². The first-order valence-corrected chi connectivity index (χ1v) is 10.5. The number of ether oxygens (including phenoxy) is 1. The molecule has 0 aliphatic carbocycles. The Morgan fingerprint density at radius 2 is 1.93 bits per heavy atom. The fraction of sp³-hybridized carbons (Fsp3) is 0.417. The van der Waals surface area contributed by atoms with Crippen LogP contribution in [0.15, 0.2) is 42.5 Å². The molecule has 0 spiro atoms. The Balaban J connectivity index is 1.95. The molecule has 1 aliphatic heterocycles. The number of carbonyl (C=O) groups is 2. The molecule has 0 aromatic heterocycles. The molecule has 160 valence electrons. The largest absolute Gasteiger partial charge is 0.484 e. The van der Waals surface area contributed by atoms with Crippen molar-refractivity contribution in [1.82, 2.24) is 10.2 Å². The minimum Gasteiger partial charge on any atom is -0.484 e. The van der Waals surface area contributed by atoms with Gasteiger partial charge in [0.15, 0.2) is 6.61 Å². The van der Waals surface area contributed by atoms with E-state index < -0.39 is 0 Å². The van der Waals surface area contributed by atoms with Crippen LogP contribution in [-0.4, -0.2) is 36.4 Å². The highest BCUT2D eigenvalue weighted by Gasteiger charge is 2.32. The third kappa shape index (κ3) is 5.17. The van der Waals surface area contributed by atoms with Crippen LogP contribution in [0, 0.1) is 11.7 Å². The minimum absolute atomic E-state index is 0.0656. The molecule has 2 amide bonds. The fourth-order valence-corrected chi connectivity index (χ4v) is 3.82. The van der Waals surface area contributed by atoms with Crippen LogP contribution in [0.5, 0.6) is 5.75 Å². The Labute approximate surface area is 177 Å². The molecule has 6 heteroatoms. The number of nitrogens with zero attached hydrogens (tertiary/aromatic N) is 1. The number of fused-ring (bicyclic) bond motifs is 1. The van der Waals surface area contributed by atoms with E-state index in [1.807, 2.05) is 43.9 Å². The van der Waals surface area contributed by atoms with E-state index in [1.54, 1.807) is 12.1 Å². The zero-order valence-corrected chi connectivity index (χ0v) is 17.8. The van der Waals surface area contributed by atoms with Crippen LogP contribution in [0.4, 0.5) is 4.39 Å². The van der Waals surface area contributed by atoms with Crippen LogP contribution >= 0.6 is 0 Å². The van der Waals surface area contributed by atoms with Crippen LogP contribution in [0.1, 0.15) is 49.9 Å². The number of carbonyl (C=O) groups excluding carboxylic acids is 2. The number of amides is 2. The van der Waals surface area contributed by atoms with Crippen molar-refractivity contribution in [3.63, 3.8) is 0 Å². The average molecular weight is 413 g/mol. The number of rotatable bonds is 7. The summed E-state index contributed by atoms with van der Waals surface area (Å²) in [6.45, 7) is 6.99. The molecule has 0 radical (unpaired) electrons. The molecule has 1 aliphatic rings. The number of hydrogen-bond donors (Lipinski definition) is 1. The second-order valence-electron chi connectivity index (χ2n) is 7.99. The van der Waals surface area contributed by atoms with Crippen molar-refractivity contribution in [3.8, 4) is 5.75 Å². The van der Waals surface area contributed by atoms with Crippen LogP contribution < -0.4 is 10.1 Å². The Bertz CT molecular complexity index is 896. The van der Waals surface area contributed by atoms with E-state index >= 15 is 0 Å². The molecule has 0 fully saturated rings. The summed E-state index contributed by atoms with van der Waals surface area (Å²) < 4.78 is 19.2. The van der Waals surface area contributed by atoms with Crippen molar-refractivity contribution < 1.29 is 18.7 Å². The number of likely N-dealkylation sites (N-methyl/N-ethyl adjacent to an activating group) is 1. The minimum atomic E-state index is -0.311. The number of nitrogens with one attached hydrogen (secondary N) is 1. The van der Waals surface area contributed by atoms with E-state index in [2.05, 4.69) is 5.32 Å². The fourth-order valence-electron chi connectivity index (χ4n) is 3.82. The molecule has 1 unspecified atom stereocenters. The second kappa shape index (κ2) is 9.74. The maximum atomic E-state index is 13.5. The van der Waals surface area contributed by atoms with E-state index in [-0.39, 0.29) is 36.2 Å². The highest BCUT2D eigenvalue weighted by atomic mass is 19.1. The van der Waals surface area contributed by atoms with Crippen molar-refractivity contribution in [1.29, 1.82) is 0 Å². The van der Waals surface area contributed by atoms with Gasteiger partial charge in [0.25, 0.3) is 5.91 Å². The predicted molar refractivity (Wildman–Crippen MR) is 114 cm³/mol. The lowest BCUT2D eigenvalue weighted by Gasteiger charge is -2.38. The van der Waals surface area contributed by atoms with Crippen molar-refractivity contribution in [2.45, 2.75) is 39.7 Å². The molecule has 0 saturated heterocycles. The van der Waals surface area contributed by atoms with Gasteiger partial charge in [0.05, 0.1) is 6.04 Å². The van der Waals surface area contributed by atoms with Crippen LogP contribution in [0.25, 0.3) is 0 Å². The van der Waals surface area contributed by atoms with Gasteiger partial charge in [0.2, 0.25) is 5.91 Å². The molecule has 5 nitrogen and oxygen atoms in total. The van der Waals surface area contributed by atoms with E-state index in [9.17, 15) is 14.0 Å². The lowest BCUT2D eigenvalue weighted by Crippen LogP contribution is -2.41. The lowest BCUT2D eigenvalue weighted by molar-refractivity contribution is -0.134. The SMILES string of the molecule is CCNC(=O)COc1ccc2c(c1)C(c1ccc(F)cc1)N(C(=O)CC(C)C)CC2. The van der Waals surface area contributed by atoms with Gasteiger partial charge in [-0.05, 0) is 60.2 Å². The first-order chi connectivity index (χ1) is 14.4. The van der Waals surface area contributed by atoms with Gasteiger partial charge in [-0.15, -0.1) is 0 Å². The summed E-state index contributed by atoms with van der Waals surface area (Å²) in [7, 11) is 0. The summed E-state index contributed by atoms with van der Waals surface area (Å²) in [6.07, 6.45) is 1.20. The molecular formula is C24H29FN2O3. The zero-order chi connectivity index (χ0) is 21.7. The van der Waals surface area contributed by atoms with E-state index in [0.717, 1.165) is 23.1 Å². The van der Waals surface area contributed by atoms with Gasteiger partial charge in [-0.25, -0.2) is 4.39 Å². The highest BCUT2D eigenvalue weighted by Crippen LogP contribution is 2.37. The van der Waals surface area contributed by atoms with Gasteiger partial charge < -0.3 is 15.0 Å². The van der Waals surface area contributed by atoms with E-state index in [4.69, 9.17) is 4.74 Å². The first-order valence-electron chi connectivity index (χ1n) is 10.5. The summed E-state index contributed by atoms with van der Waals surface area (Å²) in [6, 6.07) is 11.7. The quantitative estimate of drug-likeness (QED) is 0.751. The van der Waals surface area contributed by atoms with Crippen molar-refractivity contribution in [2.24, 2.45) is 5.92 Å². The van der Waals surface area contributed by atoms with Gasteiger partial charge in [-0.2, -0.15) is 0 Å². The molecular weight excluding hydrogens is 383 g/mol. The summed E-state index contributed by atoms with van der Waals surface area (Å²) in [5, 5.41) is 2.71. The van der Waals surface area contributed by atoms with Gasteiger partial charge in [0.1, 0.15) is 11.6 Å². The summed E-state index contributed by atoms with van der Waals surface area (Å²) >= 11 is 0. The molecule has 2 aromatic carbocycles. The average Bonchev–Trinajstić information content (AvgIpc) is 2.71. The number of halogens is 1. The monoisotopic (exact) mass is 412 g/mol. The molecule has 0 saturated carbocycles.